The number of ether oxygens (including phenoxy) is 4. The van der Waals surface area contributed by atoms with E-state index in [-0.39, 0.29) is 32.2 Å². The number of aliphatic carboxylic acids is 1. The molecule has 0 radical (unpaired) electrons. The van der Waals surface area contributed by atoms with Gasteiger partial charge in [0.25, 0.3) is 6.29 Å². The van der Waals surface area contributed by atoms with Crippen molar-refractivity contribution in [2.24, 2.45) is 0 Å². The van der Waals surface area contributed by atoms with Gasteiger partial charge >= 0.3 is 17.9 Å². The van der Waals surface area contributed by atoms with Crippen molar-refractivity contribution in [3.05, 3.63) is 122 Å². The topological polar surface area (TPSA) is 108 Å². The number of hydrogen-bond donors (Lipinski definition) is 1. The highest BCUT2D eigenvalue weighted by atomic mass is 16.7. The standard InChI is InChI=1S/C86H149NO8/c1-6-8-10-12-14-16-18-20-22-24-26-28-30-32-34-36-37-38-39-40-41-42-43-44-45-46-47-49-51-53-55-57-59-61-63-65-67-69-71-73-75-77-84(89)95-82(81-94-86(85(90)91)92-79-78-87(3,4)5)80-93-83(88)76-74-72-70-68-66-64-62-60-58-56-54-52-50-48-35-33-31-29-27-25-23-21-19-17-15-13-11-9-7-2/h8,10,14,16,19-22,25-28,32,34,37-38,40-41,43-44,82,86H,6-7,9,11-13,15,17-18,23-24,29-31,33,35-36,39,42,45-81H2,1-5H3/p+1/b10-8-,16-14-,21-19-,22-20-,27-25-,28-26-,34-32-,38-37-,41-40-,44-43-. The molecular weight excluding hydrogens is 1170 g/mol. The van der Waals surface area contributed by atoms with E-state index in [4.69, 9.17) is 18.9 Å². The number of carbonyl (C=O) groups is 3. The second kappa shape index (κ2) is 75.5. The Labute approximate surface area is 587 Å². The number of unbranched alkanes of at least 4 members (excludes halogenated alkanes) is 38. The Bertz CT molecular complexity index is 1980. The van der Waals surface area contributed by atoms with Gasteiger partial charge in [-0.25, -0.2) is 4.79 Å². The van der Waals surface area contributed by atoms with Crippen molar-refractivity contribution in [1.29, 1.82) is 0 Å². The molecule has 0 aliphatic rings. The van der Waals surface area contributed by atoms with Gasteiger partial charge in [-0.2, -0.15) is 0 Å². The first-order chi connectivity index (χ1) is 46.6. The van der Waals surface area contributed by atoms with Gasteiger partial charge in [-0.05, 0) is 109 Å². The molecule has 0 aromatic heterocycles. The molecule has 0 saturated heterocycles. The van der Waals surface area contributed by atoms with Gasteiger partial charge in [0.05, 0.1) is 34.4 Å². The van der Waals surface area contributed by atoms with Gasteiger partial charge in [-0.15, -0.1) is 0 Å². The fraction of sp³-hybridized carbons (Fsp3) is 0.733. The van der Waals surface area contributed by atoms with Crippen LogP contribution in [0.1, 0.15) is 348 Å². The second-order valence-electron chi connectivity index (χ2n) is 27.6. The predicted octanol–water partition coefficient (Wildman–Crippen LogP) is 25.5. The Balaban J connectivity index is 4.03. The Kier molecular flexibility index (Phi) is 72.0. The van der Waals surface area contributed by atoms with E-state index in [1.54, 1.807) is 0 Å². The summed E-state index contributed by atoms with van der Waals surface area (Å²) in [6.45, 7) is 4.79. The van der Waals surface area contributed by atoms with Crippen molar-refractivity contribution in [2.75, 3.05) is 47.5 Å². The summed E-state index contributed by atoms with van der Waals surface area (Å²) in [4.78, 5) is 37.7. The third-order valence-electron chi connectivity index (χ3n) is 17.2. The van der Waals surface area contributed by atoms with Crippen LogP contribution in [0.15, 0.2) is 122 Å². The molecular formula is C86H150NO8+. The van der Waals surface area contributed by atoms with Crippen LogP contribution in [0.2, 0.25) is 0 Å². The third-order valence-corrected chi connectivity index (χ3v) is 17.2. The molecule has 0 aromatic rings. The van der Waals surface area contributed by atoms with Gasteiger partial charge in [0, 0.05) is 12.8 Å². The fourth-order valence-corrected chi connectivity index (χ4v) is 11.2. The van der Waals surface area contributed by atoms with E-state index in [1.165, 1.54) is 225 Å². The smallest absolute Gasteiger partial charge is 0.361 e. The summed E-state index contributed by atoms with van der Waals surface area (Å²) >= 11 is 0. The number of likely N-dealkylation sites (N-methyl/N-ethyl adjacent to an activating group) is 1. The minimum absolute atomic E-state index is 0.183. The quantitative estimate of drug-likeness (QED) is 0.0211. The maximum Gasteiger partial charge on any atom is 0.361 e. The summed E-state index contributed by atoms with van der Waals surface area (Å²) in [5.41, 5.74) is 0. The Morgan fingerprint density at radius 3 is 0.895 bits per heavy atom. The number of rotatable bonds is 73. The summed E-state index contributed by atoms with van der Waals surface area (Å²) in [6.07, 6.45) is 105. The molecule has 0 heterocycles. The summed E-state index contributed by atoms with van der Waals surface area (Å²) in [6, 6.07) is 0. The van der Waals surface area contributed by atoms with Crippen molar-refractivity contribution in [2.45, 2.75) is 360 Å². The SMILES string of the molecule is CC/C=C\C/C=C\C/C=C\C/C=C\C/C=C\C/C=C\C/C=C\C/C=C\CCCCCCCCCCCCCCCCCCC(=O)OC(COC(=O)CCCCCCCCCCCCCCCCCCC/C=C\C/C=C\CCCCCCC)COC(OCC[N+](C)(C)C)C(=O)O. The van der Waals surface area contributed by atoms with Crippen LogP contribution < -0.4 is 0 Å². The monoisotopic (exact) mass is 1330 g/mol. The largest absolute Gasteiger partial charge is 0.477 e. The zero-order chi connectivity index (χ0) is 69.0. The average Bonchev–Trinajstić information content (AvgIpc) is 3.54. The summed E-state index contributed by atoms with van der Waals surface area (Å²) < 4.78 is 23.0. The van der Waals surface area contributed by atoms with Gasteiger partial charge < -0.3 is 28.5 Å². The van der Waals surface area contributed by atoms with Crippen LogP contribution in [-0.4, -0.2) is 87.4 Å². The number of esters is 2. The van der Waals surface area contributed by atoms with E-state index < -0.39 is 24.3 Å². The summed E-state index contributed by atoms with van der Waals surface area (Å²) in [5.74, 6) is -1.99. The highest BCUT2D eigenvalue weighted by Gasteiger charge is 2.25. The molecule has 0 spiro atoms. The van der Waals surface area contributed by atoms with Crippen LogP contribution in [0.3, 0.4) is 0 Å². The van der Waals surface area contributed by atoms with Crippen molar-refractivity contribution >= 4 is 17.9 Å². The zero-order valence-electron chi connectivity index (χ0n) is 62.6. The van der Waals surface area contributed by atoms with E-state index in [0.717, 1.165) is 96.3 Å². The van der Waals surface area contributed by atoms with Crippen molar-refractivity contribution in [3.8, 4) is 0 Å². The molecule has 2 unspecified atom stereocenters. The molecule has 0 aromatic carbocycles. The normalized spacial score (nSPS) is 13.3. The highest BCUT2D eigenvalue weighted by Crippen LogP contribution is 2.18. The first-order valence-corrected chi connectivity index (χ1v) is 39.7. The molecule has 0 amide bonds. The van der Waals surface area contributed by atoms with Crippen LogP contribution in [0.25, 0.3) is 0 Å². The Morgan fingerprint density at radius 2 is 0.600 bits per heavy atom. The highest BCUT2D eigenvalue weighted by molar-refractivity contribution is 5.71. The molecule has 546 valence electrons. The minimum Gasteiger partial charge on any atom is -0.477 e. The van der Waals surface area contributed by atoms with Gasteiger partial charge in [0.1, 0.15) is 13.2 Å². The van der Waals surface area contributed by atoms with Gasteiger partial charge in [0.2, 0.25) is 0 Å². The lowest BCUT2D eigenvalue weighted by Crippen LogP contribution is -2.40. The molecule has 2 atom stereocenters. The van der Waals surface area contributed by atoms with E-state index >= 15 is 0 Å². The first kappa shape index (κ1) is 90.7. The van der Waals surface area contributed by atoms with Crippen LogP contribution >= 0.6 is 0 Å². The number of carboxylic acids is 1. The molecule has 95 heavy (non-hydrogen) atoms. The van der Waals surface area contributed by atoms with Crippen molar-refractivity contribution < 1.29 is 42.9 Å². The van der Waals surface area contributed by atoms with Gasteiger partial charge in [-0.1, -0.05) is 347 Å². The first-order valence-electron chi connectivity index (χ1n) is 39.7. The summed E-state index contributed by atoms with van der Waals surface area (Å²) in [7, 11) is 5.99. The molecule has 0 rings (SSSR count). The third kappa shape index (κ3) is 76.9. The fourth-order valence-electron chi connectivity index (χ4n) is 11.2. The lowest BCUT2D eigenvalue weighted by Gasteiger charge is -2.25. The van der Waals surface area contributed by atoms with Crippen molar-refractivity contribution in [3.63, 3.8) is 0 Å². The van der Waals surface area contributed by atoms with E-state index in [9.17, 15) is 19.5 Å². The zero-order valence-corrected chi connectivity index (χ0v) is 62.6. The Hall–Kier alpha value is -4.31. The molecule has 0 bridgehead atoms. The molecule has 0 fully saturated rings. The van der Waals surface area contributed by atoms with E-state index in [2.05, 4.69) is 135 Å². The number of nitrogens with zero attached hydrogens (tertiary/aromatic N) is 1. The maximum atomic E-state index is 13.0. The molecule has 0 aliphatic heterocycles. The van der Waals surface area contributed by atoms with Crippen LogP contribution in [-0.2, 0) is 33.3 Å². The van der Waals surface area contributed by atoms with Crippen molar-refractivity contribution in [1.82, 2.24) is 0 Å². The maximum absolute atomic E-state index is 13.0. The predicted molar refractivity (Wildman–Crippen MR) is 410 cm³/mol. The van der Waals surface area contributed by atoms with E-state index in [0.29, 0.717) is 17.4 Å². The molecule has 9 heteroatoms. The van der Waals surface area contributed by atoms with E-state index in [1.807, 2.05) is 21.1 Å². The molecule has 0 aliphatic carbocycles. The average molecular weight is 1330 g/mol. The lowest BCUT2D eigenvalue weighted by atomic mass is 10.0. The lowest BCUT2D eigenvalue weighted by molar-refractivity contribution is -0.870. The molecule has 9 nitrogen and oxygen atoms in total. The second-order valence-corrected chi connectivity index (χ2v) is 27.6. The minimum atomic E-state index is -1.51. The van der Waals surface area contributed by atoms with Crippen LogP contribution in [0.4, 0.5) is 0 Å². The summed E-state index contributed by atoms with van der Waals surface area (Å²) in [5, 5.41) is 9.77. The molecule has 1 N–H and O–H groups in total. The molecule has 0 saturated carbocycles. The number of hydrogen-bond acceptors (Lipinski definition) is 7. The van der Waals surface area contributed by atoms with Crippen LogP contribution in [0, 0.1) is 0 Å². The Morgan fingerprint density at radius 1 is 0.326 bits per heavy atom. The number of carboxylic acid groups (broad SMARTS) is 1. The van der Waals surface area contributed by atoms with Crippen LogP contribution in [0.5, 0.6) is 0 Å². The number of quaternary nitrogens is 1. The number of carbonyl (C=O) groups excluding carboxylic acids is 2. The van der Waals surface area contributed by atoms with Gasteiger partial charge in [-0.3, -0.25) is 9.59 Å². The van der Waals surface area contributed by atoms with Gasteiger partial charge in [0.15, 0.2) is 6.10 Å². The number of allylic oxidation sites excluding steroid dienone is 20.